The first kappa shape index (κ1) is 20.7. The summed E-state index contributed by atoms with van der Waals surface area (Å²) in [5.41, 5.74) is 3.52. The molecule has 0 atom stereocenters. The first-order valence-corrected chi connectivity index (χ1v) is 9.67. The van der Waals surface area contributed by atoms with Crippen molar-refractivity contribution in [1.29, 1.82) is 0 Å². The molecule has 9 heteroatoms. The second-order valence-electron chi connectivity index (χ2n) is 6.40. The summed E-state index contributed by atoms with van der Waals surface area (Å²) in [5, 5.41) is 6.43. The molecule has 29 heavy (non-hydrogen) atoms. The number of rotatable bonds is 7. The van der Waals surface area contributed by atoms with E-state index in [4.69, 9.17) is 14.2 Å². The van der Waals surface area contributed by atoms with Gasteiger partial charge in [0.05, 0.1) is 23.3 Å². The highest BCUT2D eigenvalue weighted by Gasteiger charge is 2.16. The van der Waals surface area contributed by atoms with Crippen LogP contribution in [0, 0.1) is 0 Å². The predicted molar refractivity (Wildman–Crippen MR) is 111 cm³/mol. The Bertz CT molecular complexity index is 946. The predicted octanol–water partition coefficient (Wildman–Crippen LogP) is 2.85. The molecule has 2 N–H and O–H groups in total. The highest BCUT2D eigenvalue weighted by molar-refractivity contribution is 9.10. The van der Waals surface area contributed by atoms with Crippen LogP contribution in [-0.2, 0) is 4.79 Å². The summed E-state index contributed by atoms with van der Waals surface area (Å²) in [7, 11) is 0. The summed E-state index contributed by atoms with van der Waals surface area (Å²) in [6.07, 6.45) is 1.57. The summed E-state index contributed by atoms with van der Waals surface area (Å²) in [4.78, 5) is 24.0. The van der Waals surface area contributed by atoms with Crippen LogP contribution in [0.2, 0.25) is 0 Å². The molecule has 0 bridgehead atoms. The van der Waals surface area contributed by atoms with E-state index in [0.717, 1.165) is 15.8 Å². The van der Waals surface area contributed by atoms with Crippen LogP contribution < -0.4 is 25.0 Å². The molecule has 0 saturated heterocycles. The minimum Gasteiger partial charge on any atom is -0.490 e. The molecule has 2 amide bonds. The van der Waals surface area contributed by atoms with Gasteiger partial charge in [0.2, 0.25) is 6.79 Å². The number of amides is 2. The topological polar surface area (TPSA) is 98.2 Å². The second kappa shape index (κ2) is 9.42. The van der Waals surface area contributed by atoms with Gasteiger partial charge in [-0.05, 0) is 71.7 Å². The number of benzene rings is 2. The zero-order chi connectivity index (χ0) is 20.8. The molecule has 1 heterocycles. The number of hydrogen-bond donors (Lipinski definition) is 2. The van der Waals surface area contributed by atoms with Crippen molar-refractivity contribution in [2.24, 2.45) is 5.10 Å². The van der Waals surface area contributed by atoms with Crippen LogP contribution in [-0.4, -0.2) is 37.5 Å². The molecular weight excluding hydrogens is 442 g/mol. The Morgan fingerprint density at radius 3 is 2.76 bits per heavy atom. The van der Waals surface area contributed by atoms with Crippen LogP contribution in [0.3, 0.4) is 0 Å². The lowest BCUT2D eigenvalue weighted by Gasteiger charge is -2.11. The van der Waals surface area contributed by atoms with E-state index in [-0.39, 0.29) is 19.4 Å². The Labute approximate surface area is 176 Å². The molecule has 2 aromatic rings. The summed E-state index contributed by atoms with van der Waals surface area (Å²) >= 11 is 3.44. The van der Waals surface area contributed by atoms with Crippen molar-refractivity contribution in [2.75, 3.05) is 13.3 Å². The number of fused-ring (bicyclic) bond motifs is 1. The molecule has 3 rings (SSSR count). The van der Waals surface area contributed by atoms with Gasteiger partial charge < -0.3 is 19.5 Å². The number of carbonyl (C=O) groups is 2. The highest BCUT2D eigenvalue weighted by atomic mass is 79.9. The molecule has 152 valence electrons. The van der Waals surface area contributed by atoms with Gasteiger partial charge >= 0.3 is 0 Å². The number of hydrazone groups is 1. The van der Waals surface area contributed by atoms with Gasteiger partial charge in [0.15, 0.2) is 11.5 Å². The Hall–Kier alpha value is -3.07. The van der Waals surface area contributed by atoms with Crippen LogP contribution in [0.5, 0.6) is 17.2 Å². The Morgan fingerprint density at radius 2 is 2.00 bits per heavy atom. The fourth-order valence-corrected chi connectivity index (χ4v) is 2.96. The van der Waals surface area contributed by atoms with E-state index in [1.807, 2.05) is 32.0 Å². The third-order valence-electron chi connectivity index (χ3n) is 3.77. The van der Waals surface area contributed by atoms with Crippen molar-refractivity contribution in [2.45, 2.75) is 20.0 Å². The number of nitrogens with zero attached hydrogens (tertiary/aromatic N) is 1. The van der Waals surface area contributed by atoms with Crippen molar-refractivity contribution in [1.82, 2.24) is 10.7 Å². The van der Waals surface area contributed by atoms with Crippen LogP contribution in [0.1, 0.15) is 29.8 Å². The van der Waals surface area contributed by atoms with Crippen molar-refractivity contribution in [3.05, 3.63) is 52.0 Å². The van der Waals surface area contributed by atoms with Crippen LogP contribution in [0.4, 0.5) is 0 Å². The molecular formula is C20H20BrN3O5. The van der Waals surface area contributed by atoms with Gasteiger partial charge in [-0.25, -0.2) is 5.43 Å². The van der Waals surface area contributed by atoms with Crippen LogP contribution in [0.15, 0.2) is 46.0 Å². The van der Waals surface area contributed by atoms with E-state index < -0.39 is 11.8 Å². The molecule has 0 aromatic heterocycles. The molecule has 0 unspecified atom stereocenters. The Morgan fingerprint density at radius 1 is 1.21 bits per heavy atom. The van der Waals surface area contributed by atoms with Crippen molar-refractivity contribution >= 4 is 34.0 Å². The van der Waals surface area contributed by atoms with Crippen molar-refractivity contribution in [3.8, 4) is 17.2 Å². The lowest BCUT2D eigenvalue weighted by Crippen LogP contribution is -2.34. The third-order valence-corrected chi connectivity index (χ3v) is 4.39. The van der Waals surface area contributed by atoms with Gasteiger partial charge in [0, 0.05) is 5.56 Å². The normalized spacial score (nSPS) is 12.3. The minimum absolute atomic E-state index is 0.0676. The van der Waals surface area contributed by atoms with Gasteiger partial charge in [-0.3, -0.25) is 9.59 Å². The molecule has 0 saturated carbocycles. The number of nitrogens with one attached hydrogen (secondary N) is 2. The fraction of sp³-hybridized carbons (Fsp3) is 0.250. The first-order chi connectivity index (χ1) is 13.9. The molecule has 1 aliphatic rings. The largest absolute Gasteiger partial charge is 0.490 e. The van der Waals surface area contributed by atoms with Gasteiger partial charge in [-0.15, -0.1) is 0 Å². The van der Waals surface area contributed by atoms with Gasteiger partial charge in [0.1, 0.15) is 5.75 Å². The number of carbonyl (C=O) groups excluding carboxylic acids is 2. The summed E-state index contributed by atoms with van der Waals surface area (Å²) < 4.78 is 16.9. The van der Waals surface area contributed by atoms with Gasteiger partial charge in [-0.2, -0.15) is 5.10 Å². The number of halogens is 1. The second-order valence-corrected chi connectivity index (χ2v) is 7.25. The van der Waals surface area contributed by atoms with E-state index in [9.17, 15) is 9.59 Å². The molecule has 0 radical (unpaired) electrons. The molecule has 1 aliphatic heterocycles. The molecule has 0 aliphatic carbocycles. The molecule has 2 aromatic carbocycles. The monoisotopic (exact) mass is 461 g/mol. The van der Waals surface area contributed by atoms with E-state index >= 15 is 0 Å². The third kappa shape index (κ3) is 5.71. The van der Waals surface area contributed by atoms with Gasteiger partial charge in [0.25, 0.3) is 11.8 Å². The first-order valence-electron chi connectivity index (χ1n) is 8.88. The Balaban J connectivity index is 1.47. The zero-order valence-corrected chi connectivity index (χ0v) is 17.5. The molecule has 0 fully saturated rings. The minimum atomic E-state index is -0.450. The van der Waals surface area contributed by atoms with E-state index in [1.54, 1.807) is 18.2 Å². The van der Waals surface area contributed by atoms with Crippen LogP contribution >= 0.6 is 15.9 Å². The summed E-state index contributed by atoms with van der Waals surface area (Å²) in [6.45, 7) is 3.81. The Kier molecular flexibility index (Phi) is 6.71. The lowest BCUT2D eigenvalue weighted by atomic mass is 10.2. The number of hydrogen-bond acceptors (Lipinski definition) is 6. The summed E-state index contributed by atoms with van der Waals surface area (Å²) in [5.74, 6) is 0.973. The summed E-state index contributed by atoms with van der Waals surface area (Å²) in [6, 6.07) is 10.3. The SMILES string of the molecule is CC(C)Oc1ccc(/C=N\NC(=O)CNC(=O)c2ccc3c(c2)OCO3)cc1Br. The zero-order valence-electron chi connectivity index (χ0n) is 15.9. The van der Waals surface area contributed by atoms with E-state index in [2.05, 4.69) is 31.8 Å². The maximum atomic E-state index is 12.1. The number of ether oxygens (including phenoxy) is 3. The highest BCUT2D eigenvalue weighted by Crippen LogP contribution is 2.32. The van der Waals surface area contributed by atoms with E-state index in [0.29, 0.717) is 17.1 Å². The van der Waals surface area contributed by atoms with Gasteiger partial charge in [-0.1, -0.05) is 0 Å². The molecule has 0 spiro atoms. The fourth-order valence-electron chi connectivity index (χ4n) is 2.47. The smallest absolute Gasteiger partial charge is 0.259 e. The maximum absolute atomic E-state index is 12.1. The standard InChI is InChI=1S/C20H20BrN3O5/c1-12(2)29-16-5-3-13(7-15(16)21)9-23-24-19(25)10-22-20(26)14-4-6-17-18(8-14)28-11-27-17/h3-9,12H,10-11H2,1-2H3,(H,22,26)(H,24,25)/b23-9-. The maximum Gasteiger partial charge on any atom is 0.259 e. The quantitative estimate of drug-likeness (QED) is 0.487. The van der Waals surface area contributed by atoms with E-state index in [1.165, 1.54) is 6.21 Å². The molecule has 8 nitrogen and oxygen atoms in total. The average molecular weight is 462 g/mol. The lowest BCUT2D eigenvalue weighted by molar-refractivity contribution is -0.120. The average Bonchev–Trinajstić information content (AvgIpc) is 3.15. The van der Waals surface area contributed by atoms with Crippen LogP contribution in [0.25, 0.3) is 0 Å². The van der Waals surface area contributed by atoms with Crippen molar-refractivity contribution < 1.29 is 23.8 Å². The van der Waals surface area contributed by atoms with Crippen molar-refractivity contribution in [3.63, 3.8) is 0 Å².